The maximum Gasteiger partial charge on any atom is 0.173 e. The fourth-order valence-electron chi connectivity index (χ4n) is 1.41. The van der Waals surface area contributed by atoms with Crippen LogP contribution in [-0.4, -0.2) is 5.78 Å². The molecule has 70 valence electrons. The van der Waals surface area contributed by atoms with Gasteiger partial charge in [0.1, 0.15) is 5.82 Å². The molecule has 0 fully saturated rings. The van der Waals surface area contributed by atoms with E-state index in [0.29, 0.717) is 5.56 Å². The Balaban J connectivity index is 2.23. The van der Waals surface area contributed by atoms with Crippen molar-refractivity contribution in [3.8, 4) is 0 Å². The largest absolute Gasteiger partial charge is 0.293 e. The zero-order chi connectivity index (χ0) is 9.97. The lowest BCUT2D eigenvalue weighted by Gasteiger charge is -2.03. The molecule has 0 unspecified atom stereocenters. The van der Waals surface area contributed by atoms with Gasteiger partial charge in [0.2, 0.25) is 0 Å². The Morgan fingerprint density at radius 1 is 1.07 bits per heavy atom. The smallest absolute Gasteiger partial charge is 0.173 e. The van der Waals surface area contributed by atoms with Crippen molar-refractivity contribution >= 4 is 5.78 Å². The second-order valence-corrected chi connectivity index (χ2v) is 3.17. The maximum absolute atomic E-state index is 12.6. The van der Waals surface area contributed by atoms with Gasteiger partial charge in [-0.05, 0) is 24.3 Å². The first kappa shape index (κ1) is 8.88. The fourth-order valence-corrected chi connectivity index (χ4v) is 1.41. The molecule has 0 N–H and O–H groups in total. The van der Waals surface area contributed by atoms with E-state index >= 15 is 0 Å². The number of rotatable bonds is 2. The average Bonchev–Trinajstić information content (AvgIpc) is 2.71. The molecule has 0 amide bonds. The maximum atomic E-state index is 12.6. The first-order valence-electron chi connectivity index (χ1n) is 4.42. The van der Waals surface area contributed by atoms with Gasteiger partial charge in [-0.15, -0.1) is 0 Å². The highest BCUT2D eigenvalue weighted by Crippen LogP contribution is 2.16. The summed E-state index contributed by atoms with van der Waals surface area (Å²) in [6, 6.07) is 5.63. The third-order valence-electron chi connectivity index (χ3n) is 2.18. The van der Waals surface area contributed by atoms with E-state index in [-0.39, 0.29) is 17.5 Å². The number of carbonyl (C=O) groups is 1. The second kappa shape index (κ2) is 3.58. The van der Waals surface area contributed by atoms with Crippen LogP contribution in [0.5, 0.6) is 0 Å². The molecule has 0 aliphatic heterocycles. The third kappa shape index (κ3) is 1.64. The van der Waals surface area contributed by atoms with Gasteiger partial charge in [-0.3, -0.25) is 4.79 Å². The Bertz CT molecular complexity index is 389. The predicted molar refractivity (Wildman–Crippen MR) is 52.5 cm³/mol. The Morgan fingerprint density at radius 3 is 2.21 bits per heavy atom. The molecule has 1 aromatic carbocycles. The summed E-state index contributed by atoms with van der Waals surface area (Å²) >= 11 is 0. The number of ketones is 1. The van der Waals surface area contributed by atoms with Crippen LogP contribution in [0.25, 0.3) is 0 Å². The van der Waals surface area contributed by atoms with Gasteiger partial charge in [-0.1, -0.05) is 24.3 Å². The van der Waals surface area contributed by atoms with E-state index in [1.54, 1.807) is 0 Å². The summed E-state index contributed by atoms with van der Waals surface area (Å²) in [5.41, 5.74) is 0.549. The summed E-state index contributed by atoms with van der Waals surface area (Å²) in [5, 5.41) is 0. The zero-order valence-electron chi connectivity index (χ0n) is 7.48. The highest BCUT2D eigenvalue weighted by molar-refractivity contribution is 6.00. The monoisotopic (exact) mass is 188 g/mol. The Hall–Kier alpha value is -1.70. The van der Waals surface area contributed by atoms with Gasteiger partial charge >= 0.3 is 0 Å². The number of halogens is 1. The SMILES string of the molecule is O=C(c1ccc(F)cc1)C1C=CC=C1. The number of hydrogen-bond donors (Lipinski definition) is 0. The van der Waals surface area contributed by atoms with Gasteiger partial charge in [0.25, 0.3) is 0 Å². The number of allylic oxidation sites excluding steroid dienone is 4. The molecule has 1 aliphatic rings. The lowest BCUT2D eigenvalue weighted by Crippen LogP contribution is -2.08. The number of Topliss-reactive ketones (excluding diaryl/α,β-unsaturated/α-hetero) is 1. The number of carbonyl (C=O) groups excluding carboxylic acids is 1. The van der Waals surface area contributed by atoms with Crippen molar-refractivity contribution in [2.75, 3.05) is 0 Å². The molecule has 2 heteroatoms. The molecule has 0 spiro atoms. The minimum Gasteiger partial charge on any atom is -0.293 e. The molecule has 1 aliphatic carbocycles. The molecule has 0 radical (unpaired) electrons. The van der Waals surface area contributed by atoms with Gasteiger partial charge < -0.3 is 0 Å². The molecule has 1 aromatic rings. The van der Waals surface area contributed by atoms with Crippen LogP contribution >= 0.6 is 0 Å². The normalized spacial score (nSPS) is 14.9. The first-order valence-corrected chi connectivity index (χ1v) is 4.42. The highest BCUT2D eigenvalue weighted by atomic mass is 19.1. The molecule has 0 heterocycles. The van der Waals surface area contributed by atoms with E-state index in [4.69, 9.17) is 0 Å². The predicted octanol–water partition coefficient (Wildman–Crippen LogP) is 2.75. The van der Waals surface area contributed by atoms with Crippen LogP contribution in [-0.2, 0) is 0 Å². The van der Waals surface area contributed by atoms with Gasteiger partial charge in [-0.2, -0.15) is 0 Å². The van der Waals surface area contributed by atoms with Crippen molar-refractivity contribution in [3.05, 3.63) is 60.0 Å². The quantitative estimate of drug-likeness (QED) is 0.652. The van der Waals surface area contributed by atoms with Crippen LogP contribution in [0.1, 0.15) is 10.4 Å². The molecular formula is C12H9FO. The lowest BCUT2D eigenvalue weighted by molar-refractivity contribution is 0.0966. The summed E-state index contributed by atoms with van der Waals surface area (Å²) in [4.78, 5) is 11.7. The van der Waals surface area contributed by atoms with Crippen LogP contribution in [0.4, 0.5) is 4.39 Å². The molecule has 0 atom stereocenters. The minimum atomic E-state index is -0.320. The summed E-state index contributed by atoms with van der Waals surface area (Å²) in [5.74, 6) is -0.491. The third-order valence-corrected chi connectivity index (χ3v) is 2.18. The van der Waals surface area contributed by atoms with Crippen molar-refractivity contribution in [3.63, 3.8) is 0 Å². The fraction of sp³-hybridized carbons (Fsp3) is 0.0833. The summed E-state index contributed by atoms with van der Waals surface area (Å²) in [6.07, 6.45) is 7.33. The standard InChI is InChI=1S/C12H9FO/c13-11-7-5-10(6-8-11)12(14)9-3-1-2-4-9/h1-9H. The van der Waals surface area contributed by atoms with Crippen molar-refractivity contribution in [1.29, 1.82) is 0 Å². The van der Waals surface area contributed by atoms with E-state index < -0.39 is 0 Å². The van der Waals surface area contributed by atoms with E-state index in [1.807, 2.05) is 24.3 Å². The molecule has 0 bridgehead atoms. The molecular weight excluding hydrogens is 179 g/mol. The van der Waals surface area contributed by atoms with E-state index in [1.165, 1.54) is 24.3 Å². The number of benzene rings is 1. The Kier molecular flexibility index (Phi) is 2.27. The molecule has 2 rings (SSSR count). The highest BCUT2D eigenvalue weighted by Gasteiger charge is 2.15. The van der Waals surface area contributed by atoms with Crippen molar-refractivity contribution in [2.24, 2.45) is 5.92 Å². The molecule has 0 saturated heterocycles. The molecule has 0 saturated carbocycles. The van der Waals surface area contributed by atoms with Crippen LogP contribution < -0.4 is 0 Å². The first-order chi connectivity index (χ1) is 6.77. The van der Waals surface area contributed by atoms with Crippen LogP contribution in [0.15, 0.2) is 48.6 Å². The second-order valence-electron chi connectivity index (χ2n) is 3.17. The zero-order valence-corrected chi connectivity index (χ0v) is 7.48. The van der Waals surface area contributed by atoms with E-state index in [2.05, 4.69) is 0 Å². The molecule has 0 aromatic heterocycles. The van der Waals surface area contributed by atoms with Gasteiger partial charge in [0, 0.05) is 5.56 Å². The van der Waals surface area contributed by atoms with Crippen LogP contribution in [0, 0.1) is 11.7 Å². The van der Waals surface area contributed by atoms with E-state index in [9.17, 15) is 9.18 Å². The lowest BCUT2D eigenvalue weighted by atomic mass is 9.99. The van der Waals surface area contributed by atoms with Gasteiger partial charge in [0.05, 0.1) is 5.92 Å². The Morgan fingerprint density at radius 2 is 1.64 bits per heavy atom. The topological polar surface area (TPSA) is 17.1 Å². The summed E-state index contributed by atoms with van der Waals surface area (Å²) in [6.45, 7) is 0. The van der Waals surface area contributed by atoms with Gasteiger partial charge in [0.15, 0.2) is 5.78 Å². The van der Waals surface area contributed by atoms with E-state index in [0.717, 1.165) is 0 Å². The molecule has 1 nitrogen and oxygen atoms in total. The van der Waals surface area contributed by atoms with Crippen molar-refractivity contribution in [2.45, 2.75) is 0 Å². The van der Waals surface area contributed by atoms with Crippen molar-refractivity contribution in [1.82, 2.24) is 0 Å². The molecule has 14 heavy (non-hydrogen) atoms. The van der Waals surface area contributed by atoms with Gasteiger partial charge in [-0.25, -0.2) is 4.39 Å². The minimum absolute atomic E-state index is 0.00926. The summed E-state index contributed by atoms with van der Waals surface area (Å²) in [7, 11) is 0. The van der Waals surface area contributed by atoms with Crippen LogP contribution in [0.3, 0.4) is 0 Å². The summed E-state index contributed by atoms with van der Waals surface area (Å²) < 4.78 is 12.6. The number of hydrogen-bond acceptors (Lipinski definition) is 1. The Labute approximate surface area is 81.6 Å². The van der Waals surface area contributed by atoms with Crippen molar-refractivity contribution < 1.29 is 9.18 Å². The van der Waals surface area contributed by atoms with Crippen LogP contribution in [0.2, 0.25) is 0 Å². The average molecular weight is 188 g/mol.